The normalized spacial score (nSPS) is 14.4. The number of nitrogens with zero attached hydrogens (tertiary/aromatic N) is 2. The fourth-order valence-corrected chi connectivity index (χ4v) is 2.24. The molecule has 1 aromatic rings. The number of hydrogen-bond acceptors (Lipinski definition) is 2. The van der Waals surface area contributed by atoms with Gasteiger partial charge < -0.3 is 4.90 Å². The zero-order valence-corrected chi connectivity index (χ0v) is 10.3. The summed E-state index contributed by atoms with van der Waals surface area (Å²) in [7, 11) is 0. The number of para-hydroxylation sites is 1. The second-order valence-corrected chi connectivity index (χ2v) is 4.48. The molecule has 0 aromatic heterocycles. The van der Waals surface area contributed by atoms with E-state index < -0.39 is 0 Å². The molecule has 4 heteroatoms. The zero-order valence-electron chi connectivity index (χ0n) is 9.50. The van der Waals surface area contributed by atoms with Gasteiger partial charge in [-0.1, -0.05) is 12.1 Å². The van der Waals surface area contributed by atoms with Crippen LogP contribution in [0.4, 0.5) is 10.1 Å². The highest BCUT2D eigenvalue weighted by atomic mass is 35.5. The first-order valence-corrected chi connectivity index (χ1v) is 6.28. The van der Waals surface area contributed by atoms with Gasteiger partial charge in [0.2, 0.25) is 0 Å². The van der Waals surface area contributed by atoms with Crippen molar-refractivity contribution in [3.8, 4) is 6.07 Å². The largest absolute Gasteiger partial charge is 0.365 e. The molecular formula is C13H14ClFN2. The van der Waals surface area contributed by atoms with Crippen LogP contribution >= 0.6 is 11.6 Å². The average Bonchev–Trinajstić information content (AvgIpc) is 3.15. The Bertz CT molecular complexity index is 438. The molecule has 0 spiro atoms. The van der Waals surface area contributed by atoms with Crippen LogP contribution in [0.15, 0.2) is 18.2 Å². The van der Waals surface area contributed by atoms with Crippen molar-refractivity contribution in [2.75, 3.05) is 11.4 Å². The Kier molecular flexibility index (Phi) is 3.86. The average molecular weight is 253 g/mol. The van der Waals surface area contributed by atoms with Crippen LogP contribution in [-0.4, -0.2) is 12.6 Å². The molecule has 1 aliphatic rings. The SMILES string of the molecule is N#CCCN(c1c(F)cccc1CCl)C1CC1. The molecule has 0 aliphatic heterocycles. The van der Waals surface area contributed by atoms with Gasteiger partial charge in [0.1, 0.15) is 5.82 Å². The number of rotatable bonds is 5. The Balaban J connectivity index is 2.31. The highest BCUT2D eigenvalue weighted by Crippen LogP contribution is 2.35. The van der Waals surface area contributed by atoms with Crippen LogP contribution in [-0.2, 0) is 5.88 Å². The molecule has 1 aromatic carbocycles. The van der Waals surface area contributed by atoms with Crippen LogP contribution in [0.1, 0.15) is 24.8 Å². The molecule has 0 saturated heterocycles. The van der Waals surface area contributed by atoms with Crippen LogP contribution in [0.3, 0.4) is 0 Å². The van der Waals surface area contributed by atoms with Crippen molar-refractivity contribution in [3.63, 3.8) is 0 Å². The molecule has 0 radical (unpaired) electrons. The maximum Gasteiger partial charge on any atom is 0.146 e. The van der Waals surface area contributed by atoms with Gasteiger partial charge in [0.05, 0.1) is 18.2 Å². The van der Waals surface area contributed by atoms with Gasteiger partial charge in [-0.2, -0.15) is 5.26 Å². The third-order valence-corrected chi connectivity index (χ3v) is 3.24. The van der Waals surface area contributed by atoms with Gasteiger partial charge in [-0.15, -0.1) is 11.6 Å². The second kappa shape index (κ2) is 5.37. The molecule has 1 saturated carbocycles. The number of nitriles is 1. The minimum Gasteiger partial charge on any atom is -0.365 e. The van der Waals surface area contributed by atoms with E-state index >= 15 is 0 Å². The van der Waals surface area contributed by atoms with Crippen LogP contribution in [0.5, 0.6) is 0 Å². The van der Waals surface area contributed by atoms with Gasteiger partial charge in [0.15, 0.2) is 0 Å². The first kappa shape index (κ1) is 12.2. The van der Waals surface area contributed by atoms with Crippen molar-refractivity contribution >= 4 is 17.3 Å². The highest BCUT2D eigenvalue weighted by Gasteiger charge is 2.31. The Morgan fingerprint density at radius 2 is 2.24 bits per heavy atom. The van der Waals surface area contributed by atoms with Crippen LogP contribution in [0.25, 0.3) is 0 Å². The van der Waals surface area contributed by atoms with Gasteiger partial charge >= 0.3 is 0 Å². The monoisotopic (exact) mass is 252 g/mol. The Morgan fingerprint density at radius 1 is 1.47 bits per heavy atom. The first-order valence-electron chi connectivity index (χ1n) is 5.75. The Labute approximate surface area is 106 Å². The lowest BCUT2D eigenvalue weighted by atomic mass is 10.1. The lowest BCUT2D eigenvalue weighted by Crippen LogP contribution is -2.28. The van der Waals surface area contributed by atoms with Crippen LogP contribution in [0.2, 0.25) is 0 Å². The number of benzene rings is 1. The predicted octanol–water partition coefficient (Wildman–Crippen LogP) is 3.45. The van der Waals surface area contributed by atoms with E-state index in [0.29, 0.717) is 30.6 Å². The highest BCUT2D eigenvalue weighted by molar-refractivity contribution is 6.17. The zero-order chi connectivity index (χ0) is 12.3. The molecule has 0 atom stereocenters. The summed E-state index contributed by atoms with van der Waals surface area (Å²) in [5.41, 5.74) is 1.39. The minimum absolute atomic E-state index is 0.243. The lowest BCUT2D eigenvalue weighted by molar-refractivity contribution is 0.613. The molecule has 0 heterocycles. The van der Waals surface area contributed by atoms with Crippen molar-refractivity contribution in [3.05, 3.63) is 29.6 Å². The molecular weight excluding hydrogens is 239 g/mol. The van der Waals surface area contributed by atoms with E-state index in [9.17, 15) is 4.39 Å². The van der Waals surface area contributed by atoms with E-state index in [-0.39, 0.29) is 5.82 Å². The van der Waals surface area contributed by atoms with Gasteiger partial charge in [0.25, 0.3) is 0 Å². The van der Waals surface area contributed by atoms with Crippen LogP contribution in [0, 0.1) is 17.1 Å². The number of hydrogen-bond donors (Lipinski definition) is 0. The van der Waals surface area contributed by atoms with Crippen molar-refractivity contribution in [2.24, 2.45) is 0 Å². The maximum atomic E-state index is 13.9. The number of halogens is 2. The van der Waals surface area contributed by atoms with Crippen molar-refractivity contribution in [1.29, 1.82) is 5.26 Å². The summed E-state index contributed by atoms with van der Waals surface area (Å²) in [6.07, 6.45) is 2.55. The quantitative estimate of drug-likeness (QED) is 0.751. The fraction of sp³-hybridized carbons (Fsp3) is 0.462. The summed E-state index contributed by atoms with van der Waals surface area (Å²) in [5.74, 6) is 0.0519. The molecule has 90 valence electrons. The minimum atomic E-state index is -0.243. The van der Waals surface area contributed by atoms with E-state index in [2.05, 4.69) is 6.07 Å². The van der Waals surface area contributed by atoms with Gasteiger partial charge in [-0.05, 0) is 24.5 Å². The first-order chi connectivity index (χ1) is 8.27. The Morgan fingerprint density at radius 3 is 2.82 bits per heavy atom. The van der Waals surface area contributed by atoms with E-state index in [1.54, 1.807) is 6.07 Å². The maximum absolute atomic E-state index is 13.9. The molecule has 0 amide bonds. The van der Waals surface area contributed by atoms with Crippen LogP contribution < -0.4 is 4.90 Å². The summed E-state index contributed by atoms with van der Waals surface area (Å²) in [5, 5.41) is 8.66. The summed E-state index contributed by atoms with van der Waals surface area (Å²) >= 11 is 5.85. The summed E-state index contributed by atoms with van der Waals surface area (Å²) in [6, 6.07) is 7.45. The van der Waals surface area contributed by atoms with E-state index in [4.69, 9.17) is 16.9 Å². The molecule has 17 heavy (non-hydrogen) atoms. The van der Waals surface area contributed by atoms with E-state index in [1.807, 2.05) is 11.0 Å². The Hall–Kier alpha value is -1.27. The summed E-state index contributed by atoms with van der Waals surface area (Å²) in [4.78, 5) is 2.00. The standard InChI is InChI=1S/C13H14ClFN2/c14-9-10-3-1-4-12(15)13(10)17(8-2-7-16)11-5-6-11/h1,3-4,11H,2,5-6,8-9H2. The topological polar surface area (TPSA) is 27.0 Å². The predicted molar refractivity (Wildman–Crippen MR) is 66.6 cm³/mol. The van der Waals surface area contributed by atoms with Gasteiger partial charge in [-0.25, -0.2) is 4.39 Å². The van der Waals surface area contributed by atoms with E-state index in [1.165, 1.54) is 6.07 Å². The lowest BCUT2D eigenvalue weighted by Gasteiger charge is -2.26. The number of anilines is 1. The third-order valence-electron chi connectivity index (χ3n) is 2.95. The van der Waals surface area contributed by atoms with Gasteiger partial charge in [-0.3, -0.25) is 0 Å². The van der Waals surface area contributed by atoms with E-state index in [0.717, 1.165) is 18.4 Å². The number of alkyl halides is 1. The molecule has 2 nitrogen and oxygen atoms in total. The fourth-order valence-electron chi connectivity index (χ4n) is 2.02. The second-order valence-electron chi connectivity index (χ2n) is 4.21. The van der Waals surface area contributed by atoms with Crippen molar-refractivity contribution < 1.29 is 4.39 Å². The molecule has 2 rings (SSSR count). The van der Waals surface area contributed by atoms with Gasteiger partial charge in [0, 0.05) is 18.5 Å². The molecule has 1 aliphatic carbocycles. The summed E-state index contributed by atoms with van der Waals surface area (Å²) < 4.78 is 13.9. The van der Waals surface area contributed by atoms with Crippen molar-refractivity contribution in [1.82, 2.24) is 0 Å². The van der Waals surface area contributed by atoms with Crippen molar-refractivity contribution in [2.45, 2.75) is 31.2 Å². The smallest absolute Gasteiger partial charge is 0.146 e. The molecule has 1 fully saturated rings. The molecule has 0 bridgehead atoms. The molecule has 0 N–H and O–H groups in total. The summed E-state index contributed by atoms with van der Waals surface area (Å²) in [6.45, 7) is 0.575. The molecule has 0 unspecified atom stereocenters. The third kappa shape index (κ3) is 2.70.